The fourth-order valence-electron chi connectivity index (χ4n) is 4.38. The number of fused-ring (bicyclic) bond motifs is 1. The number of anilines is 1. The molecule has 2 heterocycles. The number of aromatic amines is 1. The number of hydrogen-bond donors (Lipinski definition) is 2. The van der Waals surface area contributed by atoms with Crippen molar-refractivity contribution in [3.05, 3.63) is 59.8 Å². The third-order valence-corrected chi connectivity index (χ3v) is 6.81. The Morgan fingerprint density at radius 3 is 2.49 bits per heavy atom. The molecular weight excluding hydrogens is 617 g/mol. The lowest BCUT2D eigenvalue weighted by molar-refractivity contribution is -0.274. The summed E-state index contributed by atoms with van der Waals surface area (Å²) >= 11 is 5.99. The largest absolute Gasteiger partial charge is 0.573 e. The summed E-state index contributed by atoms with van der Waals surface area (Å²) in [6.45, 7) is 6.12. The summed E-state index contributed by atoms with van der Waals surface area (Å²) in [5.74, 6) is -0.747. The average Bonchev–Trinajstić information content (AvgIpc) is 3.65. The van der Waals surface area contributed by atoms with E-state index in [1.165, 1.54) is 17.0 Å². The molecule has 242 valence electrons. The molecule has 0 aliphatic heterocycles. The van der Waals surface area contributed by atoms with Crippen LogP contribution < -0.4 is 10.1 Å². The number of ether oxygens (including phenoxy) is 2. The van der Waals surface area contributed by atoms with Crippen LogP contribution in [0.3, 0.4) is 0 Å². The number of carbonyl (C=O) groups excluding carboxylic acids is 2. The molecular formula is C29H34ClF3N8O4. The van der Waals surface area contributed by atoms with Crippen molar-refractivity contribution in [1.29, 1.82) is 0 Å². The van der Waals surface area contributed by atoms with Crippen molar-refractivity contribution in [1.82, 2.24) is 34.8 Å². The van der Waals surface area contributed by atoms with Crippen LogP contribution in [0.15, 0.2) is 49.2 Å². The van der Waals surface area contributed by atoms with Gasteiger partial charge in [0.1, 0.15) is 24.0 Å². The Balaban J connectivity index is 1.32. The number of carbonyl (C=O) groups is 2. The van der Waals surface area contributed by atoms with E-state index in [2.05, 4.69) is 30.4 Å². The van der Waals surface area contributed by atoms with Gasteiger partial charge in [0.05, 0.1) is 22.4 Å². The minimum Gasteiger partial charge on any atom is -0.444 e. The minimum atomic E-state index is -4.90. The van der Waals surface area contributed by atoms with Crippen LogP contribution >= 0.6 is 11.6 Å². The molecule has 0 radical (unpaired) electrons. The quantitative estimate of drug-likeness (QED) is 0.185. The summed E-state index contributed by atoms with van der Waals surface area (Å²) in [4.78, 5) is 28.8. The summed E-state index contributed by atoms with van der Waals surface area (Å²) in [7, 11) is 1.68. The van der Waals surface area contributed by atoms with Crippen molar-refractivity contribution in [2.45, 2.75) is 52.1 Å². The lowest BCUT2D eigenvalue weighted by Gasteiger charge is -2.28. The summed E-state index contributed by atoms with van der Waals surface area (Å²) in [6.07, 6.45) is 0.00847. The van der Waals surface area contributed by atoms with Crippen LogP contribution in [-0.4, -0.2) is 85.4 Å². The number of amides is 2. The van der Waals surface area contributed by atoms with Gasteiger partial charge in [0.2, 0.25) is 5.91 Å². The van der Waals surface area contributed by atoms with E-state index in [0.29, 0.717) is 25.1 Å². The fraction of sp³-hybridized carbons (Fsp3) is 0.414. The number of aromatic nitrogens is 5. The van der Waals surface area contributed by atoms with Gasteiger partial charge < -0.3 is 24.6 Å². The summed E-state index contributed by atoms with van der Waals surface area (Å²) in [5.41, 5.74) is 2.20. The van der Waals surface area contributed by atoms with Crippen molar-refractivity contribution in [3.8, 4) is 11.4 Å². The molecule has 12 nitrogen and oxygen atoms in total. The highest BCUT2D eigenvalue weighted by molar-refractivity contribution is 6.32. The number of nitrogens with zero attached hydrogens (tertiary/aromatic N) is 6. The molecule has 0 aliphatic carbocycles. The van der Waals surface area contributed by atoms with Crippen molar-refractivity contribution in [2.24, 2.45) is 0 Å². The van der Waals surface area contributed by atoms with Crippen molar-refractivity contribution in [3.63, 3.8) is 0 Å². The second kappa shape index (κ2) is 14.1. The third kappa shape index (κ3) is 9.73. The second-order valence-corrected chi connectivity index (χ2v) is 11.7. The second-order valence-electron chi connectivity index (χ2n) is 11.3. The highest BCUT2D eigenvalue weighted by Crippen LogP contribution is 2.31. The van der Waals surface area contributed by atoms with E-state index in [1.54, 1.807) is 56.1 Å². The maximum atomic E-state index is 13.0. The van der Waals surface area contributed by atoms with E-state index in [1.807, 2.05) is 12.1 Å². The van der Waals surface area contributed by atoms with Gasteiger partial charge in [-0.3, -0.25) is 14.5 Å². The van der Waals surface area contributed by atoms with E-state index >= 15 is 0 Å². The molecule has 2 aromatic heterocycles. The lowest BCUT2D eigenvalue weighted by atomic mass is 10.2. The zero-order valence-electron chi connectivity index (χ0n) is 25.2. The van der Waals surface area contributed by atoms with Crippen LogP contribution in [-0.2, 0) is 16.1 Å². The van der Waals surface area contributed by atoms with Gasteiger partial charge in [0, 0.05) is 50.7 Å². The Hall–Kier alpha value is -4.53. The van der Waals surface area contributed by atoms with E-state index < -0.39 is 23.8 Å². The number of halogens is 4. The highest BCUT2D eigenvalue weighted by Gasteiger charge is 2.32. The van der Waals surface area contributed by atoms with Gasteiger partial charge in [0.15, 0.2) is 0 Å². The normalized spacial score (nSPS) is 11.8. The maximum absolute atomic E-state index is 13.0. The zero-order valence-corrected chi connectivity index (χ0v) is 25.9. The molecule has 2 amide bonds. The van der Waals surface area contributed by atoms with E-state index in [0.717, 1.165) is 28.3 Å². The topological polar surface area (TPSA) is 130 Å². The van der Waals surface area contributed by atoms with Crippen LogP contribution in [0, 0.1) is 0 Å². The summed E-state index contributed by atoms with van der Waals surface area (Å²) < 4.78 is 49.1. The predicted molar refractivity (Wildman–Crippen MR) is 161 cm³/mol. The number of alkyl halides is 3. The number of rotatable bonds is 12. The van der Waals surface area contributed by atoms with E-state index in [9.17, 15) is 22.8 Å². The molecule has 2 aromatic carbocycles. The van der Waals surface area contributed by atoms with Gasteiger partial charge >= 0.3 is 12.5 Å². The van der Waals surface area contributed by atoms with E-state index in [4.69, 9.17) is 16.3 Å². The van der Waals surface area contributed by atoms with Crippen molar-refractivity contribution in [2.75, 3.05) is 32.0 Å². The molecule has 4 aromatic rings. The first-order valence-corrected chi connectivity index (χ1v) is 14.4. The molecule has 0 aliphatic rings. The number of nitrogens with one attached hydrogen (secondary N) is 2. The first-order chi connectivity index (χ1) is 21.2. The number of H-pyrrole nitrogens is 1. The highest BCUT2D eigenvalue weighted by atomic mass is 35.5. The van der Waals surface area contributed by atoms with Crippen LogP contribution in [0.2, 0.25) is 5.02 Å². The average molecular weight is 651 g/mol. The number of benzene rings is 2. The monoisotopic (exact) mass is 650 g/mol. The first kappa shape index (κ1) is 33.4. The Kier molecular flexibility index (Phi) is 10.4. The van der Waals surface area contributed by atoms with Crippen molar-refractivity contribution < 1.29 is 32.2 Å². The summed E-state index contributed by atoms with van der Waals surface area (Å²) in [6, 6.07) is 7.63. The first-order valence-electron chi connectivity index (χ1n) is 14.0. The Bertz CT molecular complexity index is 1610. The van der Waals surface area contributed by atoms with Crippen LogP contribution in [0.1, 0.15) is 39.2 Å². The smallest absolute Gasteiger partial charge is 0.444 e. The summed E-state index contributed by atoms with van der Waals surface area (Å²) in [5, 5.41) is 18.9. The van der Waals surface area contributed by atoms with Crippen molar-refractivity contribution >= 4 is 40.2 Å². The van der Waals surface area contributed by atoms with Gasteiger partial charge in [0.25, 0.3) is 0 Å². The zero-order chi connectivity index (χ0) is 32.8. The molecule has 0 spiro atoms. The molecule has 0 saturated carbocycles. The SMILES string of the molecule is CN(CCCNc1cc(-n2cnnc2)cc2[nH]ncc12)C(=O)CCN(Cc1ccc(OC(F)(F)F)c(Cl)c1)C(=O)OC(C)(C)C. The Labute approximate surface area is 262 Å². The standard InChI is InChI=1S/C29H34ClF3N8O4/c1-28(2,3)45-27(43)40(16-19-6-7-25(22(30)12-19)44-29(31,32)33)11-8-26(42)39(4)10-5-9-34-23-13-20(41-17-36-37-18-41)14-24-21(23)15-35-38-24/h6-7,12-15,17-18,34H,5,8-11,16H2,1-4H3,(H,35,38). The Morgan fingerprint density at radius 1 is 1.09 bits per heavy atom. The lowest BCUT2D eigenvalue weighted by Crippen LogP contribution is -2.39. The third-order valence-electron chi connectivity index (χ3n) is 6.51. The van der Waals surface area contributed by atoms with Gasteiger partial charge in [-0.2, -0.15) is 5.10 Å². The van der Waals surface area contributed by atoms with Gasteiger partial charge in [-0.15, -0.1) is 23.4 Å². The van der Waals surface area contributed by atoms with Crippen LogP contribution in [0.5, 0.6) is 5.75 Å². The fourth-order valence-corrected chi connectivity index (χ4v) is 4.62. The molecule has 4 rings (SSSR count). The molecule has 0 bridgehead atoms. The number of hydrogen-bond acceptors (Lipinski definition) is 8. The maximum Gasteiger partial charge on any atom is 0.573 e. The Morgan fingerprint density at radius 2 is 1.82 bits per heavy atom. The van der Waals surface area contributed by atoms with Crippen LogP contribution in [0.25, 0.3) is 16.6 Å². The molecule has 0 fully saturated rings. The molecule has 45 heavy (non-hydrogen) atoms. The van der Waals surface area contributed by atoms with E-state index in [-0.39, 0.29) is 30.4 Å². The minimum absolute atomic E-state index is 0.00278. The predicted octanol–water partition coefficient (Wildman–Crippen LogP) is 5.78. The van der Waals surface area contributed by atoms with Crippen LogP contribution in [0.4, 0.5) is 23.7 Å². The molecule has 0 saturated heterocycles. The molecule has 2 N–H and O–H groups in total. The van der Waals surface area contributed by atoms with Gasteiger partial charge in [-0.05, 0) is 57.0 Å². The molecule has 0 unspecified atom stereocenters. The molecule has 0 atom stereocenters. The van der Waals surface area contributed by atoms with Gasteiger partial charge in [-0.1, -0.05) is 17.7 Å². The van der Waals surface area contributed by atoms with Gasteiger partial charge in [-0.25, -0.2) is 4.79 Å². The molecule has 16 heteroatoms.